The number of hydrogen-bond acceptors (Lipinski definition) is 1. The van der Waals surface area contributed by atoms with Crippen molar-refractivity contribution < 1.29 is 4.79 Å². The molecule has 0 aromatic carbocycles. The number of allylic oxidation sites excluding steroid dienone is 8. The molecule has 26 heavy (non-hydrogen) atoms. The first-order chi connectivity index (χ1) is 12.3. The Kier molecular flexibility index (Phi) is 15.0. The van der Waals surface area contributed by atoms with E-state index in [4.69, 9.17) is 0 Å². The normalized spacial score (nSPS) is 13.1. The van der Waals surface area contributed by atoms with Gasteiger partial charge >= 0.3 is 0 Å². The van der Waals surface area contributed by atoms with E-state index in [0.29, 0.717) is 12.2 Å². The summed E-state index contributed by atoms with van der Waals surface area (Å²) < 4.78 is 0. The Hall–Kier alpha value is -1.37. The van der Waals surface area contributed by atoms with Gasteiger partial charge in [-0.15, -0.1) is 0 Å². The average molecular weight is 359 g/mol. The minimum Gasteiger partial charge on any atom is -0.300 e. The maximum atomic E-state index is 11.5. The minimum absolute atomic E-state index is 0.400. The number of rotatable bonds is 14. The second-order valence-corrected chi connectivity index (χ2v) is 7.88. The van der Waals surface area contributed by atoms with Gasteiger partial charge in [-0.05, 0) is 86.0 Å². The Morgan fingerprint density at radius 1 is 0.577 bits per heavy atom. The zero-order chi connectivity index (χ0) is 19.8. The van der Waals surface area contributed by atoms with Crippen LogP contribution < -0.4 is 0 Å². The molecule has 0 radical (unpaired) electrons. The zero-order valence-electron chi connectivity index (χ0n) is 18.3. The van der Waals surface area contributed by atoms with Crippen molar-refractivity contribution in [3.8, 4) is 0 Å². The molecule has 0 N–H and O–H groups in total. The van der Waals surface area contributed by atoms with Gasteiger partial charge in [-0.25, -0.2) is 0 Å². The van der Waals surface area contributed by atoms with Crippen LogP contribution >= 0.6 is 0 Å². The van der Waals surface area contributed by atoms with E-state index in [0.717, 1.165) is 51.4 Å². The number of carbonyl (C=O) groups excluding carboxylic acids is 1. The van der Waals surface area contributed by atoms with Crippen molar-refractivity contribution >= 4 is 5.78 Å². The molecule has 0 aromatic heterocycles. The lowest BCUT2D eigenvalue weighted by atomic mass is 10.0. The smallest absolute Gasteiger partial charge is 0.133 e. The van der Waals surface area contributed by atoms with Crippen LogP contribution in [-0.2, 0) is 4.79 Å². The summed E-state index contributed by atoms with van der Waals surface area (Å²) in [6.45, 7) is 13.1. The molecule has 0 aliphatic rings. The molecule has 0 aliphatic heterocycles. The predicted octanol–water partition coefficient (Wildman–Crippen LogP) is 8.28. The first kappa shape index (κ1) is 24.6. The van der Waals surface area contributed by atoms with Crippen LogP contribution in [0.15, 0.2) is 46.6 Å². The van der Waals surface area contributed by atoms with Gasteiger partial charge in [0.2, 0.25) is 0 Å². The van der Waals surface area contributed by atoms with Crippen molar-refractivity contribution in [3.05, 3.63) is 46.6 Å². The molecular weight excluding hydrogens is 316 g/mol. The van der Waals surface area contributed by atoms with E-state index in [1.165, 1.54) is 28.7 Å². The molecule has 0 aromatic rings. The highest BCUT2D eigenvalue weighted by atomic mass is 16.1. The first-order valence-electron chi connectivity index (χ1n) is 10.5. The summed E-state index contributed by atoms with van der Waals surface area (Å²) in [4.78, 5) is 11.5. The SMILES string of the molecule is CCCC(=O)CCC=C(C)CCC=C(C)CCC=C(C)CCC=C(C)C. The molecule has 0 unspecified atom stereocenters. The fourth-order valence-electron chi connectivity index (χ4n) is 2.87. The molecule has 0 spiro atoms. The third kappa shape index (κ3) is 16.1. The van der Waals surface area contributed by atoms with Gasteiger partial charge in [0.1, 0.15) is 5.78 Å². The van der Waals surface area contributed by atoms with Crippen LogP contribution in [0, 0.1) is 0 Å². The number of carbonyl (C=O) groups is 1. The number of ketones is 1. The van der Waals surface area contributed by atoms with Gasteiger partial charge in [0.05, 0.1) is 0 Å². The van der Waals surface area contributed by atoms with Crippen molar-refractivity contribution in [3.63, 3.8) is 0 Å². The molecule has 0 heterocycles. The van der Waals surface area contributed by atoms with Gasteiger partial charge in [0.15, 0.2) is 0 Å². The lowest BCUT2D eigenvalue weighted by Gasteiger charge is -2.03. The number of Topliss-reactive ketones (excluding diaryl/α,β-unsaturated/α-hetero) is 1. The van der Waals surface area contributed by atoms with Crippen LogP contribution in [0.25, 0.3) is 0 Å². The summed E-state index contributed by atoms with van der Waals surface area (Å²) in [6.07, 6.45) is 19.5. The third-order valence-corrected chi connectivity index (χ3v) is 4.60. The largest absolute Gasteiger partial charge is 0.300 e. The molecule has 0 fully saturated rings. The molecule has 0 rings (SSSR count). The summed E-state index contributed by atoms with van der Waals surface area (Å²) in [5, 5.41) is 0. The maximum Gasteiger partial charge on any atom is 0.133 e. The Balaban J connectivity index is 3.99. The highest BCUT2D eigenvalue weighted by Gasteiger charge is 1.98. The van der Waals surface area contributed by atoms with Crippen molar-refractivity contribution in [2.45, 2.75) is 106 Å². The zero-order valence-corrected chi connectivity index (χ0v) is 18.3. The molecule has 0 atom stereocenters. The van der Waals surface area contributed by atoms with Gasteiger partial charge in [0, 0.05) is 12.8 Å². The molecule has 0 saturated carbocycles. The van der Waals surface area contributed by atoms with E-state index in [1.54, 1.807) is 0 Å². The fourth-order valence-corrected chi connectivity index (χ4v) is 2.87. The summed E-state index contributed by atoms with van der Waals surface area (Å²) in [5.41, 5.74) is 5.82. The quantitative estimate of drug-likeness (QED) is 0.285. The van der Waals surface area contributed by atoms with Gasteiger partial charge in [-0.3, -0.25) is 4.79 Å². The monoisotopic (exact) mass is 358 g/mol. The highest BCUT2D eigenvalue weighted by molar-refractivity contribution is 5.78. The summed E-state index contributed by atoms with van der Waals surface area (Å²) in [5.74, 6) is 0.400. The molecule has 148 valence electrons. The minimum atomic E-state index is 0.400. The summed E-state index contributed by atoms with van der Waals surface area (Å²) >= 11 is 0. The Labute approximate surface area is 163 Å². The van der Waals surface area contributed by atoms with Gasteiger partial charge < -0.3 is 0 Å². The van der Waals surface area contributed by atoms with E-state index in [-0.39, 0.29) is 0 Å². The Bertz CT molecular complexity index is 510. The van der Waals surface area contributed by atoms with Gasteiger partial charge in [0.25, 0.3) is 0 Å². The van der Waals surface area contributed by atoms with Crippen molar-refractivity contribution in [1.29, 1.82) is 0 Å². The van der Waals surface area contributed by atoms with E-state index < -0.39 is 0 Å². The standard InChI is InChI=1S/C25H42O/c1-7-12-25(26)20-11-19-24(6)18-10-17-23(5)16-9-15-22(4)14-8-13-21(2)3/h13,15,17,19H,7-12,14,16,18,20H2,1-6H3. The topological polar surface area (TPSA) is 17.1 Å². The van der Waals surface area contributed by atoms with Crippen molar-refractivity contribution in [2.24, 2.45) is 0 Å². The van der Waals surface area contributed by atoms with Crippen LogP contribution in [0.4, 0.5) is 0 Å². The number of hydrogen-bond donors (Lipinski definition) is 0. The summed E-state index contributed by atoms with van der Waals surface area (Å²) in [6, 6.07) is 0. The highest BCUT2D eigenvalue weighted by Crippen LogP contribution is 2.14. The second-order valence-electron chi connectivity index (χ2n) is 7.88. The Morgan fingerprint density at radius 3 is 1.35 bits per heavy atom. The maximum absolute atomic E-state index is 11.5. The molecular formula is C25H42O. The molecule has 0 saturated heterocycles. The lowest BCUT2D eigenvalue weighted by Crippen LogP contribution is -1.95. The van der Waals surface area contributed by atoms with Crippen LogP contribution in [0.1, 0.15) is 106 Å². The van der Waals surface area contributed by atoms with Crippen LogP contribution in [0.3, 0.4) is 0 Å². The molecule has 0 amide bonds. The van der Waals surface area contributed by atoms with Crippen LogP contribution in [0.2, 0.25) is 0 Å². The van der Waals surface area contributed by atoms with Gasteiger partial charge in [-0.1, -0.05) is 53.5 Å². The molecule has 0 aliphatic carbocycles. The third-order valence-electron chi connectivity index (χ3n) is 4.60. The van der Waals surface area contributed by atoms with Crippen LogP contribution in [0.5, 0.6) is 0 Å². The van der Waals surface area contributed by atoms with Gasteiger partial charge in [-0.2, -0.15) is 0 Å². The Morgan fingerprint density at radius 2 is 0.962 bits per heavy atom. The first-order valence-corrected chi connectivity index (χ1v) is 10.5. The van der Waals surface area contributed by atoms with E-state index >= 15 is 0 Å². The van der Waals surface area contributed by atoms with E-state index in [9.17, 15) is 4.79 Å². The molecule has 1 nitrogen and oxygen atoms in total. The molecule has 0 bridgehead atoms. The second kappa shape index (κ2) is 15.9. The summed E-state index contributed by atoms with van der Waals surface area (Å²) in [7, 11) is 0. The van der Waals surface area contributed by atoms with Crippen LogP contribution in [-0.4, -0.2) is 5.78 Å². The van der Waals surface area contributed by atoms with E-state index in [2.05, 4.69) is 65.8 Å². The van der Waals surface area contributed by atoms with E-state index in [1.807, 2.05) is 0 Å². The average Bonchev–Trinajstić information content (AvgIpc) is 2.54. The molecule has 1 heteroatoms. The fraction of sp³-hybridized carbons (Fsp3) is 0.640. The van der Waals surface area contributed by atoms with Crippen molar-refractivity contribution in [2.75, 3.05) is 0 Å². The van der Waals surface area contributed by atoms with Crippen molar-refractivity contribution in [1.82, 2.24) is 0 Å². The predicted molar refractivity (Wildman–Crippen MR) is 118 cm³/mol. The lowest BCUT2D eigenvalue weighted by molar-refractivity contribution is -0.119.